The maximum Gasteiger partial charge on any atom is 0.244 e. The molecule has 0 amide bonds. The van der Waals surface area contributed by atoms with Gasteiger partial charge in [-0.05, 0) is 30.7 Å². The largest absolute Gasteiger partial charge is 0.497 e. The van der Waals surface area contributed by atoms with E-state index >= 15 is 0 Å². The maximum atomic E-state index is 12.6. The first-order valence-corrected chi connectivity index (χ1v) is 10.8. The number of hydrogen-bond donors (Lipinski definition) is 2. The van der Waals surface area contributed by atoms with Gasteiger partial charge in [0.15, 0.2) is 5.82 Å². The lowest BCUT2D eigenvalue weighted by atomic mass is 10.2. The van der Waals surface area contributed by atoms with Gasteiger partial charge >= 0.3 is 0 Å². The molecule has 158 valence electrons. The molecule has 0 bridgehead atoms. The van der Waals surface area contributed by atoms with Gasteiger partial charge in [-0.25, -0.2) is 17.7 Å². The van der Waals surface area contributed by atoms with Gasteiger partial charge in [0.2, 0.25) is 16.0 Å². The Hall–Kier alpha value is -2.88. The van der Waals surface area contributed by atoms with Gasteiger partial charge in [0.25, 0.3) is 0 Å². The number of aryl methyl sites for hydroxylation is 1. The summed E-state index contributed by atoms with van der Waals surface area (Å²) in [6.07, 6.45) is 1.44. The molecular weight excluding hydrogens is 426 g/mol. The topological polar surface area (TPSA) is 96.4 Å². The van der Waals surface area contributed by atoms with E-state index in [0.717, 1.165) is 15.6 Å². The van der Waals surface area contributed by atoms with Crippen LogP contribution in [0.3, 0.4) is 0 Å². The fourth-order valence-electron chi connectivity index (χ4n) is 2.62. The van der Waals surface area contributed by atoms with Crippen LogP contribution >= 0.6 is 11.6 Å². The summed E-state index contributed by atoms with van der Waals surface area (Å²) in [5.74, 6) is 1.26. The highest BCUT2D eigenvalue weighted by atomic mass is 35.5. The fraction of sp³-hybridized carbons (Fsp3) is 0.200. The minimum Gasteiger partial charge on any atom is -0.497 e. The standard InChI is InChI=1S/C20H22ClN5O3S/c1-13-9-10-14(29-4)11-17(13)24-20-22-12-15(21)19(25-20)23-16-7-5-6-8-18(16)30(27,28)26(2)3/h5-12H,1-4H3,(H2,22,23,24,25). The molecule has 3 aromatic rings. The zero-order chi connectivity index (χ0) is 21.9. The van der Waals surface area contributed by atoms with Crippen LogP contribution in [0.4, 0.5) is 23.1 Å². The number of benzene rings is 2. The number of nitrogens with zero attached hydrogens (tertiary/aromatic N) is 3. The van der Waals surface area contributed by atoms with Crippen LogP contribution in [-0.2, 0) is 10.0 Å². The summed E-state index contributed by atoms with van der Waals surface area (Å²) in [7, 11) is 0.883. The second kappa shape index (κ2) is 8.86. The molecule has 10 heteroatoms. The first-order chi connectivity index (χ1) is 14.2. The lowest BCUT2D eigenvalue weighted by Gasteiger charge is -2.17. The van der Waals surface area contributed by atoms with Crippen LogP contribution in [0.5, 0.6) is 5.75 Å². The molecular formula is C20H22ClN5O3S. The number of sulfonamides is 1. The smallest absolute Gasteiger partial charge is 0.244 e. The van der Waals surface area contributed by atoms with E-state index in [-0.39, 0.29) is 15.7 Å². The molecule has 1 heterocycles. The van der Waals surface area contributed by atoms with E-state index in [0.29, 0.717) is 17.4 Å². The Bertz CT molecular complexity index is 1170. The molecule has 2 N–H and O–H groups in total. The Morgan fingerprint density at radius 3 is 2.50 bits per heavy atom. The number of halogens is 1. The van der Waals surface area contributed by atoms with E-state index < -0.39 is 10.0 Å². The summed E-state index contributed by atoms with van der Waals surface area (Å²) in [6, 6.07) is 12.2. The van der Waals surface area contributed by atoms with Crippen LogP contribution in [0.15, 0.2) is 53.6 Å². The molecule has 8 nitrogen and oxygen atoms in total. The number of rotatable bonds is 7. The van der Waals surface area contributed by atoms with Crippen molar-refractivity contribution in [3.05, 3.63) is 59.2 Å². The van der Waals surface area contributed by atoms with Crippen LogP contribution in [0.1, 0.15) is 5.56 Å². The Labute approximate surface area is 180 Å². The predicted octanol–water partition coefficient (Wildman–Crippen LogP) is 4.18. The van der Waals surface area contributed by atoms with Gasteiger partial charge in [-0.2, -0.15) is 4.98 Å². The number of anilines is 4. The number of para-hydroxylation sites is 1. The molecule has 0 saturated heterocycles. The third-order valence-corrected chi connectivity index (χ3v) is 6.48. The van der Waals surface area contributed by atoms with Crippen molar-refractivity contribution in [3.63, 3.8) is 0 Å². The predicted molar refractivity (Wildman–Crippen MR) is 119 cm³/mol. The molecule has 0 aliphatic carbocycles. The van der Waals surface area contributed by atoms with Gasteiger partial charge in [0.05, 0.1) is 19.0 Å². The Morgan fingerprint density at radius 2 is 1.80 bits per heavy atom. The quantitative estimate of drug-likeness (QED) is 0.560. The van der Waals surface area contributed by atoms with E-state index in [1.165, 1.54) is 26.4 Å². The molecule has 0 fully saturated rings. The summed E-state index contributed by atoms with van der Waals surface area (Å²) < 4.78 is 31.7. The molecule has 0 radical (unpaired) electrons. The third-order valence-electron chi connectivity index (χ3n) is 4.33. The van der Waals surface area contributed by atoms with Crippen LogP contribution < -0.4 is 15.4 Å². The highest BCUT2D eigenvalue weighted by Crippen LogP contribution is 2.30. The zero-order valence-corrected chi connectivity index (χ0v) is 18.5. The highest BCUT2D eigenvalue weighted by Gasteiger charge is 2.21. The first-order valence-electron chi connectivity index (χ1n) is 8.95. The molecule has 0 unspecified atom stereocenters. The SMILES string of the molecule is COc1ccc(C)c(Nc2ncc(Cl)c(Nc3ccccc3S(=O)(=O)N(C)C)n2)c1. The molecule has 0 aliphatic heterocycles. The van der Waals surface area contributed by atoms with Gasteiger partial charge in [0, 0.05) is 25.8 Å². The lowest BCUT2D eigenvalue weighted by molar-refractivity contribution is 0.415. The Kier molecular flexibility index (Phi) is 6.45. The highest BCUT2D eigenvalue weighted by molar-refractivity contribution is 7.89. The monoisotopic (exact) mass is 447 g/mol. The third kappa shape index (κ3) is 4.64. The van der Waals surface area contributed by atoms with E-state index in [4.69, 9.17) is 16.3 Å². The normalized spacial score (nSPS) is 11.4. The minimum atomic E-state index is -3.66. The molecule has 0 aliphatic rings. The number of nitrogens with one attached hydrogen (secondary N) is 2. The number of ether oxygens (including phenoxy) is 1. The minimum absolute atomic E-state index is 0.114. The number of hydrogen-bond acceptors (Lipinski definition) is 7. The van der Waals surface area contributed by atoms with Gasteiger partial charge < -0.3 is 15.4 Å². The van der Waals surface area contributed by atoms with E-state index in [1.807, 2.05) is 25.1 Å². The summed E-state index contributed by atoms with van der Waals surface area (Å²) in [5, 5.41) is 6.40. The second-order valence-electron chi connectivity index (χ2n) is 6.60. The molecule has 0 saturated carbocycles. The molecule has 3 rings (SSSR count). The molecule has 2 aromatic carbocycles. The average molecular weight is 448 g/mol. The number of methoxy groups -OCH3 is 1. The molecule has 0 atom stereocenters. The van der Waals surface area contributed by atoms with Crippen molar-refractivity contribution < 1.29 is 13.2 Å². The van der Waals surface area contributed by atoms with Gasteiger partial charge in [0.1, 0.15) is 15.7 Å². The van der Waals surface area contributed by atoms with Gasteiger partial charge in [-0.3, -0.25) is 0 Å². The van der Waals surface area contributed by atoms with Crippen molar-refractivity contribution in [1.29, 1.82) is 0 Å². The average Bonchev–Trinajstić information content (AvgIpc) is 2.72. The molecule has 30 heavy (non-hydrogen) atoms. The Morgan fingerprint density at radius 1 is 1.07 bits per heavy atom. The van der Waals surface area contributed by atoms with E-state index in [1.54, 1.807) is 25.3 Å². The van der Waals surface area contributed by atoms with E-state index in [9.17, 15) is 8.42 Å². The zero-order valence-electron chi connectivity index (χ0n) is 17.0. The van der Waals surface area contributed by atoms with Crippen molar-refractivity contribution in [2.24, 2.45) is 0 Å². The van der Waals surface area contributed by atoms with Crippen molar-refractivity contribution in [2.45, 2.75) is 11.8 Å². The van der Waals surface area contributed by atoms with Crippen molar-refractivity contribution in [2.75, 3.05) is 31.8 Å². The van der Waals surface area contributed by atoms with Crippen LogP contribution in [0.2, 0.25) is 5.02 Å². The van der Waals surface area contributed by atoms with Crippen LogP contribution in [0.25, 0.3) is 0 Å². The summed E-state index contributed by atoms with van der Waals surface area (Å²) in [5.41, 5.74) is 2.11. The van der Waals surface area contributed by atoms with Gasteiger partial charge in [-0.15, -0.1) is 0 Å². The van der Waals surface area contributed by atoms with Crippen LogP contribution in [-0.4, -0.2) is 43.9 Å². The summed E-state index contributed by atoms with van der Waals surface area (Å²) in [4.78, 5) is 8.74. The first kappa shape index (κ1) is 21.8. The lowest BCUT2D eigenvalue weighted by Crippen LogP contribution is -2.23. The van der Waals surface area contributed by atoms with Gasteiger partial charge in [-0.1, -0.05) is 29.8 Å². The second-order valence-corrected chi connectivity index (χ2v) is 9.13. The van der Waals surface area contributed by atoms with E-state index in [2.05, 4.69) is 20.6 Å². The summed E-state index contributed by atoms with van der Waals surface area (Å²) >= 11 is 6.26. The summed E-state index contributed by atoms with van der Waals surface area (Å²) in [6.45, 7) is 1.94. The maximum absolute atomic E-state index is 12.6. The van der Waals surface area contributed by atoms with Crippen molar-refractivity contribution in [3.8, 4) is 5.75 Å². The van der Waals surface area contributed by atoms with Crippen molar-refractivity contribution >= 4 is 44.8 Å². The fourth-order valence-corrected chi connectivity index (χ4v) is 3.80. The Balaban J connectivity index is 1.95. The van der Waals surface area contributed by atoms with Crippen molar-refractivity contribution in [1.82, 2.24) is 14.3 Å². The van der Waals surface area contributed by atoms with Crippen LogP contribution in [0, 0.1) is 6.92 Å². The molecule has 1 aromatic heterocycles. The number of aromatic nitrogens is 2. The molecule has 0 spiro atoms.